The Balaban J connectivity index is 0. The third-order valence-electron chi connectivity index (χ3n) is 0.204. The summed E-state index contributed by atoms with van der Waals surface area (Å²) in [6.45, 7) is 1.94. The van der Waals surface area contributed by atoms with E-state index in [1.54, 1.807) is 0 Å². The average Bonchev–Trinajstić information content (AvgIpc) is 1.37. The van der Waals surface area contributed by atoms with Crippen LogP contribution in [0.2, 0.25) is 0 Å². The van der Waals surface area contributed by atoms with Gasteiger partial charge in [-0.25, -0.2) is 0 Å². The molecule has 0 saturated carbocycles. The first-order valence-corrected chi connectivity index (χ1v) is 1.35. The van der Waals surface area contributed by atoms with Gasteiger partial charge in [-0.15, -0.1) is 12.3 Å². The van der Waals surface area contributed by atoms with Gasteiger partial charge in [0.25, 0.3) is 0 Å². The van der Waals surface area contributed by atoms with E-state index >= 15 is 0 Å². The fourth-order valence-electron chi connectivity index (χ4n) is 0. The van der Waals surface area contributed by atoms with Crippen LogP contribution < -0.4 is 0 Å². The van der Waals surface area contributed by atoms with Gasteiger partial charge in [0, 0.05) is 28.8 Å². The van der Waals surface area contributed by atoms with Crippen LogP contribution in [-0.4, -0.2) is 0 Å². The summed E-state index contributed by atoms with van der Waals surface area (Å²) in [6.07, 6.45) is 5.62. The molecule has 0 aromatic carbocycles. The SMILES string of the molecule is C#CCC.[Ag]. The summed E-state index contributed by atoms with van der Waals surface area (Å²) in [7, 11) is 0. The van der Waals surface area contributed by atoms with Crippen LogP contribution >= 0.6 is 0 Å². The van der Waals surface area contributed by atoms with Gasteiger partial charge in [-0.05, 0) is 0 Å². The zero-order valence-electron chi connectivity index (χ0n) is 3.09. The van der Waals surface area contributed by atoms with Crippen molar-refractivity contribution in [2.24, 2.45) is 0 Å². The number of hydrogen-bond acceptors (Lipinski definition) is 0. The van der Waals surface area contributed by atoms with E-state index < -0.39 is 0 Å². The van der Waals surface area contributed by atoms with Crippen molar-refractivity contribution in [2.45, 2.75) is 13.3 Å². The van der Waals surface area contributed by atoms with Crippen molar-refractivity contribution in [3.63, 3.8) is 0 Å². The summed E-state index contributed by atoms with van der Waals surface area (Å²) >= 11 is 0. The molecular formula is C4H6Ag. The van der Waals surface area contributed by atoms with E-state index in [0.29, 0.717) is 0 Å². The third-order valence-corrected chi connectivity index (χ3v) is 0.204. The predicted molar refractivity (Wildman–Crippen MR) is 19.1 cm³/mol. The van der Waals surface area contributed by atoms with Crippen molar-refractivity contribution in [1.82, 2.24) is 0 Å². The molecule has 1 radical (unpaired) electrons. The van der Waals surface area contributed by atoms with Gasteiger partial charge in [-0.1, -0.05) is 6.92 Å². The molecule has 0 atom stereocenters. The third kappa shape index (κ3) is 13.5. The second-order valence-corrected chi connectivity index (χ2v) is 0.558. The topological polar surface area (TPSA) is 0 Å². The molecule has 0 aromatic rings. The maximum absolute atomic E-state index is 4.78. The van der Waals surface area contributed by atoms with Crippen LogP contribution in [0.25, 0.3) is 0 Å². The molecule has 0 bridgehead atoms. The first kappa shape index (κ1) is 9.00. The maximum atomic E-state index is 4.78. The smallest absolute Gasteiger partial charge is 0.00576 e. The van der Waals surface area contributed by atoms with Crippen molar-refractivity contribution in [1.29, 1.82) is 0 Å². The number of terminal acetylenes is 1. The number of rotatable bonds is 0. The van der Waals surface area contributed by atoms with E-state index in [2.05, 4.69) is 5.92 Å². The van der Waals surface area contributed by atoms with Gasteiger partial charge in [-0.2, -0.15) is 0 Å². The Morgan fingerprint density at radius 2 is 2.00 bits per heavy atom. The second kappa shape index (κ2) is 8.85. The van der Waals surface area contributed by atoms with Crippen molar-refractivity contribution in [2.75, 3.05) is 0 Å². The molecule has 0 spiro atoms. The summed E-state index contributed by atoms with van der Waals surface area (Å²) in [6, 6.07) is 0. The van der Waals surface area contributed by atoms with Crippen LogP contribution in [0.5, 0.6) is 0 Å². The fourth-order valence-corrected chi connectivity index (χ4v) is 0. The van der Waals surface area contributed by atoms with Crippen LogP contribution in [0.3, 0.4) is 0 Å². The van der Waals surface area contributed by atoms with Gasteiger partial charge in [0.15, 0.2) is 0 Å². The maximum Gasteiger partial charge on any atom is 0.00576 e. The summed E-state index contributed by atoms with van der Waals surface area (Å²) in [5.74, 6) is 2.43. The zero-order valence-corrected chi connectivity index (χ0v) is 4.57. The van der Waals surface area contributed by atoms with Gasteiger partial charge in [0.05, 0.1) is 0 Å². The Labute approximate surface area is 48.5 Å². The molecule has 5 heavy (non-hydrogen) atoms. The molecule has 0 N–H and O–H groups in total. The van der Waals surface area contributed by atoms with Crippen molar-refractivity contribution in [3.05, 3.63) is 0 Å². The van der Waals surface area contributed by atoms with E-state index in [1.807, 2.05) is 6.92 Å². The molecule has 0 aliphatic heterocycles. The second-order valence-electron chi connectivity index (χ2n) is 0.558. The molecule has 0 aliphatic carbocycles. The first-order valence-electron chi connectivity index (χ1n) is 1.35. The Bertz CT molecular complexity index is 33.4. The number of hydrogen-bond donors (Lipinski definition) is 0. The zero-order chi connectivity index (χ0) is 3.41. The van der Waals surface area contributed by atoms with Gasteiger partial charge in [-0.3, -0.25) is 0 Å². The first-order chi connectivity index (χ1) is 1.91. The van der Waals surface area contributed by atoms with Crippen molar-refractivity contribution in [3.8, 4) is 12.3 Å². The summed E-state index contributed by atoms with van der Waals surface area (Å²) in [5.41, 5.74) is 0. The van der Waals surface area contributed by atoms with E-state index in [4.69, 9.17) is 6.42 Å². The van der Waals surface area contributed by atoms with Gasteiger partial charge in [0.2, 0.25) is 0 Å². The van der Waals surface area contributed by atoms with E-state index in [0.717, 1.165) is 6.42 Å². The minimum atomic E-state index is 0. The molecule has 0 amide bonds. The minimum Gasteiger partial charge on any atom is -0.120 e. The standard InChI is InChI=1S/C4H6.Ag/c1-3-4-2;/h1H,4H2,2H3;. The molecule has 1 heteroatoms. The molecule has 33 valence electrons. The van der Waals surface area contributed by atoms with Crippen molar-refractivity contribution < 1.29 is 22.4 Å². The normalized spacial score (nSPS) is 4.00. The minimum absolute atomic E-state index is 0. The molecule has 0 nitrogen and oxygen atoms in total. The predicted octanol–water partition coefficient (Wildman–Crippen LogP) is 1.03. The molecule has 0 saturated heterocycles. The molecule has 0 unspecified atom stereocenters. The van der Waals surface area contributed by atoms with E-state index in [9.17, 15) is 0 Å². The molecule has 0 heterocycles. The van der Waals surface area contributed by atoms with Gasteiger partial charge >= 0.3 is 0 Å². The van der Waals surface area contributed by atoms with Crippen molar-refractivity contribution >= 4 is 0 Å². The largest absolute Gasteiger partial charge is 0.120 e. The molecule has 0 aromatic heterocycles. The average molecular weight is 162 g/mol. The summed E-state index contributed by atoms with van der Waals surface area (Å²) in [4.78, 5) is 0. The monoisotopic (exact) mass is 161 g/mol. The van der Waals surface area contributed by atoms with Crippen LogP contribution in [0.15, 0.2) is 0 Å². The van der Waals surface area contributed by atoms with Crippen LogP contribution in [0, 0.1) is 12.3 Å². The Morgan fingerprint density at radius 3 is 2.00 bits per heavy atom. The molecule has 0 fully saturated rings. The Morgan fingerprint density at radius 1 is 1.80 bits per heavy atom. The van der Waals surface area contributed by atoms with Gasteiger partial charge in [0.1, 0.15) is 0 Å². The summed E-state index contributed by atoms with van der Waals surface area (Å²) < 4.78 is 0. The molecular weight excluding hydrogens is 156 g/mol. The van der Waals surface area contributed by atoms with E-state index in [1.165, 1.54) is 0 Å². The quantitative estimate of drug-likeness (QED) is 0.368. The Kier molecular flexibility index (Phi) is 15.9. The fraction of sp³-hybridized carbons (Fsp3) is 0.500. The molecule has 0 aliphatic rings. The van der Waals surface area contributed by atoms with Gasteiger partial charge < -0.3 is 0 Å². The molecule has 0 rings (SSSR count). The van der Waals surface area contributed by atoms with Crippen LogP contribution in [-0.2, 0) is 22.4 Å². The van der Waals surface area contributed by atoms with Crippen LogP contribution in [0.1, 0.15) is 13.3 Å². The van der Waals surface area contributed by atoms with Crippen LogP contribution in [0.4, 0.5) is 0 Å². The Hall–Kier alpha value is 0.300. The van der Waals surface area contributed by atoms with E-state index in [-0.39, 0.29) is 22.4 Å². The summed E-state index contributed by atoms with van der Waals surface area (Å²) in [5, 5.41) is 0.